The molecular weight excluding hydrogens is 422 g/mol. The molecule has 5 heteroatoms. The van der Waals surface area contributed by atoms with Gasteiger partial charge < -0.3 is 9.47 Å². The van der Waals surface area contributed by atoms with Crippen LogP contribution in [0.5, 0.6) is 11.5 Å². The summed E-state index contributed by atoms with van der Waals surface area (Å²) < 4.78 is 13.7. The Bertz CT molecular complexity index is 1530. The van der Waals surface area contributed by atoms with Crippen LogP contribution in [-0.4, -0.2) is 28.0 Å². The zero-order valence-corrected chi connectivity index (χ0v) is 19.9. The third-order valence-corrected chi connectivity index (χ3v) is 6.47. The Kier molecular flexibility index (Phi) is 4.63. The van der Waals surface area contributed by atoms with Crippen molar-refractivity contribution in [2.45, 2.75) is 33.1 Å². The number of ether oxygens (including phenoxy) is 2. The van der Waals surface area contributed by atoms with Gasteiger partial charge in [-0.25, -0.2) is 4.68 Å². The van der Waals surface area contributed by atoms with Crippen LogP contribution in [0.1, 0.15) is 31.9 Å². The lowest BCUT2D eigenvalue weighted by Crippen LogP contribution is -2.15. The maximum absolute atomic E-state index is 5.90. The fraction of sp³-hybridized carbons (Fsp3) is 0.241. The molecule has 6 rings (SSSR count). The van der Waals surface area contributed by atoms with Gasteiger partial charge in [0.1, 0.15) is 18.9 Å². The van der Waals surface area contributed by atoms with Crippen molar-refractivity contribution in [1.82, 2.24) is 14.8 Å². The quantitative estimate of drug-likeness (QED) is 0.304. The average Bonchev–Trinajstić information content (AvgIpc) is 3.23. The summed E-state index contributed by atoms with van der Waals surface area (Å²) in [6.45, 7) is 9.87. The van der Waals surface area contributed by atoms with Crippen molar-refractivity contribution in [3.8, 4) is 28.4 Å². The lowest BCUT2D eigenvalue weighted by Gasteiger charge is -2.20. The lowest BCUT2D eigenvalue weighted by molar-refractivity contribution is 0.172. The molecular formula is C29H27N3O2. The van der Waals surface area contributed by atoms with E-state index in [0.717, 1.165) is 50.2 Å². The third kappa shape index (κ3) is 3.39. The third-order valence-electron chi connectivity index (χ3n) is 6.47. The van der Waals surface area contributed by atoms with Gasteiger partial charge in [-0.15, -0.1) is 0 Å². The largest absolute Gasteiger partial charge is 0.486 e. The van der Waals surface area contributed by atoms with Crippen LogP contribution < -0.4 is 9.47 Å². The first-order valence-corrected chi connectivity index (χ1v) is 11.7. The van der Waals surface area contributed by atoms with E-state index in [4.69, 9.17) is 19.6 Å². The summed E-state index contributed by atoms with van der Waals surface area (Å²) in [5, 5.41) is 7.12. The maximum Gasteiger partial charge on any atom is 0.163 e. The van der Waals surface area contributed by atoms with E-state index in [9.17, 15) is 0 Å². The molecule has 5 nitrogen and oxygen atoms in total. The Hall–Kier alpha value is -3.86. The van der Waals surface area contributed by atoms with Crippen LogP contribution in [0.25, 0.3) is 38.8 Å². The van der Waals surface area contributed by atoms with Crippen LogP contribution in [0.2, 0.25) is 0 Å². The Labute approximate surface area is 199 Å². The molecule has 0 fully saturated rings. The standard InChI is InChI=1S/C29H27N3O2/c1-18-5-7-19(8-6-18)27-23-17-30-24-16-26-25(33-13-14-34-26)15-22(24)28(23)32(31-27)21-11-9-20(10-12-21)29(2,3)4/h5-12,15-17H,13-14H2,1-4H3. The fourth-order valence-electron chi connectivity index (χ4n) is 4.53. The van der Waals surface area contributed by atoms with Gasteiger partial charge in [0.2, 0.25) is 0 Å². The molecule has 0 saturated heterocycles. The van der Waals surface area contributed by atoms with E-state index in [1.54, 1.807) is 0 Å². The van der Waals surface area contributed by atoms with Gasteiger partial charge in [0.15, 0.2) is 11.5 Å². The summed E-state index contributed by atoms with van der Waals surface area (Å²) in [6.07, 6.45) is 1.93. The Balaban J connectivity index is 1.64. The molecule has 0 unspecified atom stereocenters. The van der Waals surface area contributed by atoms with Crippen molar-refractivity contribution in [2.75, 3.05) is 13.2 Å². The summed E-state index contributed by atoms with van der Waals surface area (Å²) in [7, 11) is 0. The summed E-state index contributed by atoms with van der Waals surface area (Å²) in [5.41, 5.74) is 7.47. The average molecular weight is 450 g/mol. The second kappa shape index (κ2) is 7.59. The van der Waals surface area contributed by atoms with Gasteiger partial charge in [-0.3, -0.25) is 4.98 Å². The van der Waals surface area contributed by atoms with Gasteiger partial charge >= 0.3 is 0 Å². The van der Waals surface area contributed by atoms with E-state index in [-0.39, 0.29) is 5.41 Å². The number of aryl methyl sites for hydroxylation is 1. The minimum Gasteiger partial charge on any atom is -0.486 e. The highest BCUT2D eigenvalue weighted by molar-refractivity contribution is 6.09. The van der Waals surface area contributed by atoms with Crippen molar-refractivity contribution in [3.05, 3.63) is 78.0 Å². The van der Waals surface area contributed by atoms with Crippen LogP contribution in [-0.2, 0) is 5.41 Å². The topological polar surface area (TPSA) is 49.2 Å². The van der Waals surface area contributed by atoms with E-state index in [2.05, 4.69) is 76.2 Å². The number of hydrogen-bond donors (Lipinski definition) is 0. The number of nitrogens with zero attached hydrogens (tertiary/aromatic N) is 3. The monoisotopic (exact) mass is 449 g/mol. The number of pyridine rings is 1. The van der Waals surface area contributed by atoms with Crippen LogP contribution >= 0.6 is 0 Å². The van der Waals surface area contributed by atoms with Crippen LogP contribution in [0.4, 0.5) is 0 Å². The molecule has 3 heterocycles. The van der Waals surface area contributed by atoms with Crippen molar-refractivity contribution < 1.29 is 9.47 Å². The number of hydrogen-bond acceptors (Lipinski definition) is 4. The maximum atomic E-state index is 5.90. The second-order valence-corrected chi connectivity index (χ2v) is 9.96. The van der Waals surface area contributed by atoms with E-state index >= 15 is 0 Å². The van der Waals surface area contributed by atoms with Gasteiger partial charge in [-0.1, -0.05) is 62.7 Å². The minimum absolute atomic E-state index is 0.0881. The molecule has 5 aromatic rings. The predicted octanol–water partition coefficient (Wildman–Crippen LogP) is 6.62. The normalized spacial score (nSPS) is 13.5. The molecule has 170 valence electrons. The first-order chi connectivity index (χ1) is 16.4. The highest BCUT2D eigenvalue weighted by Gasteiger charge is 2.21. The molecule has 1 aliphatic heterocycles. The van der Waals surface area contributed by atoms with Crippen molar-refractivity contribution in [2.24, 2.45) is 0 Å². The molecule has 0 atom stereocenters. The van der Waals surface area contributed by atoms with Gasteiger partial charge in [-0.05, 0) is 36.1 Å². The Morgan fingerprint density at radius 1 is 0.824 bits per heavy atom. The number of fused-ring (bicyclic) bond motifs is 4. The van der Waals surface area contributed by atoms with Gasteiger partial charge in [0, 0.05) is 28.6 Å². The number of aromatic nitrogens is 3. The van der Waals surface area contributed by atoms with E-state index in [1.807, 2.05) is 23.0 Å². The first-order valence-electron chi connectivity index (χ1n) is 11.7. The summed E-state index contributed by atoms with van der Waals surface area (Å²) >= 11 is 0. The van der Waals surface area contributed by atoms with E-state index < -0.39 is 0 Å². The lowest BCUT2D eigenvalue weighted by atomic mass is 9.87. The van der Waals surface area contributed by atoms with Crippen LogP contribution in [0.15, 0.2) is 66.9 Å². The molecule has 0 bridgehead atoms. The molecule has 0 N–H and O–H groups in total. The molecule has 0 amide bonds. The zero-order chi connectivity index (χ0) is 23.4. The zero-order valence-electron chi connectivity index (χ0n) is 19.9. The van der Waals surface area contributed by atoms with Crippen molar-refractivity contribution in [1.29, 1.82) is 0 Å². The van der Waals surface area contributed by atoms with E-state index in [1.165, 1.54) is 11.1 Å². The summed E-state index contributed by atoms with van der Waals surface area (Å²) in [5.74, 6) is 1.49. The molecule has 0 radical (unpaired) electrons. The molecule has 3 aromatic carbocycles. The number of benzene rings is 3. The highest BCUT2D eigenvalue weighted by atomic mass is 16.6. The van der Waals surface area contributed by atoms with Gasteiger partial charge in [0.05, 0.1) is 16.7 Å². The van der Waals surface area contributed by atoms with Gasteiger partial charge in [-0.2, -0.15) is 5.10 Å². The fourth-order valence-corrected chi connectivity index (χ4v) is 4.53. The second-order valence-electron chi connectivity index (χ2n) is 9.96. The molecule has 0 saturated carbocycles. The first kappa shape index (κ1) is 20.7. The predicted molar refractivity (Wildman–Crippen MR) is 136 cm³/mol. The smallest absolute Gasteiger partial charge is 0.163 e. The SMILES string of the molecule is Cc1ccc(-c2nn(-c3ccc(C(C)(C)C)cc3)c3c2cnc2cc4c(cc23)OCCO4)cc1. The molecule has 0 aliphatic carbocycles. The Morgan fingerprint density at radius 2 is 1.50 bits per heavy atom. The van der Waals surface area contributed by atoms with Crippen molar-refractivity contribution in [3.63, 3.8) is 0 Å². The summed E-state index contributed by atoms with van der Waals surface area (Å²) in [4.78, 5) is 4.79. The molecule has 0 spiro atoms. The van der Waals surface area contributed by atoms with Crippen LogP contribution in [0.3, 0.4) is 0 Å². The Morgan fingerprint density at radius 3 is 2.18 bits per heavy atom. The summed E-state index contributed by atoms with van der Waals surface area (Å²) in [6, 6.07) is 21.2. The van der Waals surface area contributed by atoms with Crippen LogP contribution in [0, 0.1) is 6.92 Å². The highest BCUT2D eigenvalue weighted by Crippen LogP contribution is 2.39. The molecule has 1 aliphatic rings. The van der Waals surface area contributed by atoms with Crippen molar-refractivity contribution >= 4 is 21.8 Å². The molecule has 34 heavy (non-hydrogen) atoms. The van der Waals surface area contributed by atoms with Gasteiger partial charge in [0.25, 0.3) is 0 Å². The molecule has 2 aromatic heterocycles. The minimum atomic E-state index is 0.0881. The number of rotatable bonds is 2. The van der Waals surface area contributed by atoms with E-state index in [0.29, 0.717) is 13.2 Å².